The topological polar surface area (TPSA) is 99.7 Å². The highest BCUT2D eigenvalue weighted by Crippen LogP contribution is 2.22. The summed E-state index contributed by atoms with van der Waals surface area (Å²) < 4.78 is 19.5. The van der Waals surface area contributed by atoms with Crippen molar-refractivity contribution < 1.29 is 23.8 Å². The van der Waals surface area contributed by atoms with Crippen molar-refractivity contribution in [1.29, 1.82) is 0 Å². The zero-order valence-corrected chi connectivity index (χ0v) is 16.5. The number of ether oxygens (including phenoxy) is 1. The van der Waals surface area contributed by atoms with Crippen LogP contribution < -0.4 is 16.0 Å². The average molecular weight is 415 g/mol. The van der Waals surface area contributed by atoms with Crippen molar-refractivity contribution in [2.45, 2.75) is 44.1 Å². The van der Waals surface area contributed by atoms with Gasteiger partial charge in [-0.3, -0.25) is 4.79 Å². The maximum Gasteiger partial charge on any atom is 0.319 e. The molecule has 0 radical (unpaired) electrons. The second-order valence-corrected chi connectivity index (χ2v) is 7.21. The Morgan fingerprint density at radius 3 is 2.53 bits per heavy atom. The van der Waals surface area contributed by atoms with Crippen LogP contribution in [-0.2, 0) is 16.1 Å². The molecule has 160 valence electrons. The fraction of sp³-hybridized carbons (Fsp3) is 0.364. The van der Waals surface area contributed by atoms with Crippen LogP contribution in [0.4, 0.5) is 14.9 Å². The van der Waals surface area contributed by atoms with E-state index in [0.29, 0.717) is 19.4 Å². The van der Waals surface area contributed by atoms with Crippen molar-refractivity contribution in [1.82, 2.24) is 10.6 Å². The lowest BCUT2D eigenvalue weighted by molar-refractivity contribution is -0.130. The van der Waals surface area contributed by atoms with Gasteiger partial charge in [0.15, 0.2) is 0 Å². The quantitative estimate of drug-likeness (QED) is 0.558. The molecule has 0 bridgehead atoms. The van der Waals surface area contributed by atoms with E-state index in [1.54, 1.807) is 6.07 Å². The molecule has 1 aliphatic heterocycles. The number of urea groups is 1. The predicted octanol–water partition coefficient (Wildman–Crippen LogP) is 2.56. The maximum atomic E-state index is 13.7. The molecule has 0 unspecified atom stereocenters. The van der Waals surface area contributed by atoms with Crippen LogP contribution in [0.15, 0.2) is 54.6 Å². The first kappa shape index (κ1) is 21.7. The van der Waals surface area contributed by atoms with Crippen LogP contribution in [0.1, 0.15) is 24.8 Å². The number of halogens is 1. The highest BCUT2D eigenvalue weighted by molar-refractivity contribution is 5.89. The van der Waals surface area contributed by atoms with Gasteiger partial charge in [-0.15, -0.1) is 0 Å². The number of carbonyl (C=O) groups is 2. The standard InChI is InChI=1S/C22H26FN3O4/c23-17-8-4-5-9-18(17)25-22(29)26-19-11-10-16(30-20(19)14-27)12-21(28)24-13-15-6-2-1-3-7-15/h1-9,16,19-20,27H,10-14H2,(H,24,28)(H2,25,26,29)/t16-,19-,20-/m0/s1. The van der Waals surface area contributed by atoms with Crippen LogP contribution in [0.5, 0.6) is 0 Å². The summed E-state index contributed by atoms with van der Waals surface area (Å²) in [6.07, 6.45) is 0.284. The number of carbonyl (C=O) groups excluding carboxylic acids is 2. The third-order valence-electron chi connectivity index (χ3n) is 4.98. The number of nitrogens with one attached hydrogen (secondary N) is 3. The van der Waals surface area contributed by atoms with Crippen LogP contribution in [0.3, 0.4) is 0 Å². The van der Waals surface area contributed by atoms with Gasteiger partial charge in [-0.25, -0.2) is 9.18 Å². The van der Waals surface area contributed by atoms with Gasteiger partial charge in [0.1, 0.15) is 11.9 Å². The number of benzene rings is 2. The number of aliphatic hydroxyl groups excluding tert-OH is 1. The normalized spacial score (nSPS) is 20.9. The van der Waals surface area contributed by atoms with Crippen molar-refractivity contribution in [3.8, 4) is 0 Å². The molecule has 0 spiro atoms. The number of para-hydroxylation sites is 1. The zero-order chi connectivity index (χ0) is 21.3. The minimum atomic E-state index is -0.642. The van der Waals surface area contributed by atoms with E-state index < -0.39 is 24.0 Å². The molecule has 0 saturated carbocycles. The summed E-state index contributed by atoms with van der Waals surface area (Å²) >= 11 is 0. The van der Waals surface area contributed by atoms with Gasteiger partial charge in [-0.1, -0.05) is 42.5 Å². The number of hydrogen-bond donors (Lipinski definition) is 4. The van der Waals surface area contributed by atoms with Gasteiger partial charge in [0.2, 0.25) is 5.91 Å². The Morgan fingerprint density at radius 1 is 1.07 bits per heavy atom. The smallest absolute Gasteiger partial charge is 0.319 e. The van der Waals surface area contributed by atoms with Gasteiger partial charge in [-0.05, 0) is 30.5 Å². The molecule has 0 aliphatic carbocycles. The molecule has 0 aromatic heterocycles. The number of hydrogen-bond acceptors (Lipinski definition) is 4. The van der Waals surface area contributed by atoms with Crippen molar-refractivity contribution in [3.05, 3.63) is 66.0 Å². The molecule has 1 fully saturated rings. The zero-order valence-electron chi connectivity index (χ0n) is 16.5. The number of anilines is 1. The van der Waals surface area contributed by atoms with Crippen LogP contribution in [-0.4, -0.2) is 41.9 Å². The van der Waals surface area contributed by atoms with Crippen molar-refractivity contribution >= 4 is 17.6 Å². The molecule has 1 aliphatic rings. The lowest BCUT2D eigenvalue weighted by Gasteiger charge is -2.35. The second-order valence-electron chi connectivity index (χ2n) is 7.21. The van der Waals surface area contributed by atoms with Crippen LogP contribution >= 0.6 is 0 Å². The first-order chi connectivity index (χ1) is 14.5. The number of rotatable bonds is 7. The largest absolute Gasteiger partial charge is 0.394 e. The van der Waals surface area contributed by atoms with E-state index in [9.17, 15) is 19.1 Å². The summed E-state index contributed by atoms with van der Waals surface area (Å²) in [6.45, 7) is 0.142. The monoisotopic (exact) mass is 415 g/mol. The third-order valence-corrected chi connectivity index (χ3v) is 4.98. The lowest BCUT2D eigenvalue weighted by Crippen LogP contribution is -2.52. The maximum absolute atomic E-state index is 13.7. The first-order valence-corrected chi connectivity index (χ1v) is 9.94. The highest BCUT2D eigenvalue weighted by Gasteiger charge is 2.33. The van der Waals surface area contributed by atoms with Gasteiger partial charge in [-0.2, -0.15) is 0 Å². The Labute approximate surface area is 174 Å². The minimum absolute atomic E-state index is 0.0697. The molecule has 2 aromatic rings. The molecule has 3 amide bonds. The van der Waals surface area contributed by atoms with Gasteiger partial charge < -0.3 is 25.8 Å². The third kappa shape index (κ3) is 6.27. The van der Waals surface area contributed by atoms with E-state index in [1.165, 1.54) is 18.2 Å². The Balaban J connectivity index is 1.45. The first-order valence-electron chi connectivity index (χ1n) is 9.94. The van der Waals surface area contributed by atoms with E-state index in [-0.39, 0.29) is 30.7 Å². The van der Waals surface area contributed by atoms with Crippen molar-refractivity contribution in [2.24, 2.45) is 0 Å². The fourth-order valence-electron chi connectivity index (χ4n) is 3.41. The van der Waals surface area contributed by atoms with E-state index >= 15 is 0 Å². The molecule has 1 heterocycles. The summed E-state index contributed by atoms with van der Waals surface area (Å²) in [7, 11) is 0. The summed E-state index contributed by atoms with van der Waals surface area (Å²) in [6, 6.07) is 14.4. The van der Waals surface area contributed by atoms with E-state index in [1.807, 2.05) is 30.3 Å². The average Bonchev–Trinajstić information content (AvgIpc) is 2.75. The van der Waals surface area contributed by atoms with Crippen molar-refractivity contribution in [3.63, 3.8) is 0 Å². The molecule has 3 rings (SSSR count). The molecule has 1 saturated heterocycles. The molecule has 30 heavy (non-hydrogen) atoms. The van der Waals surface area contributed by atoms with Gasteiger partial charge >= 0.3 is 6.03 Å². The van der Waals surface area contributed by atoms with Crippen molar-refractivity contribution in [2.75, 3.05) is 11.9 Å². The van der Waals surface area contributed by atoms with E-state index in [2.05, 4.69) is 16.0 Å². The molecular weight excluding hydrogens is 389 g/mol. The Morgan fingerprint density at radius 2 is 1.80 bits per heavy atom. The van der Waals surface area contributed by atoms with Crippen LogP contribution in [0.2, 0.25) is 0 Å². The number of amides is 3. The molecule has 3 atom stereocenters. The summed E-state index contributed by atoms with van der Waals surface area (Å²) in [5.41, 5.74) is 1.08. The molecular formula is C22H26FN3O4. The van der Waals surface area contributed by atoms with Crippen LogP contribution in [0.25, 0.3) is 0 Å². The molecule has 8 heteroatoms. The lowest BCUT2D eigenvalue weighted by atomic mass is 9.97. The van der Waals surface area contributed by atoms with Gasteiger partial charge in [0.25, 0.3) is 0 Å². The van der Waals surface area contributed by atoms with E-state index in [4.69, 9.17) is 4.74 Å². The fourth-order valence-corrected chi connectivity index (χ4v) is 3.41. The Hall–Kier alpha value is -2.97. The Bertz CT molecular complexity index is 849. The number of aliphatic hydroxyl groups is 1. The van der Waals surface area contributed by atoms with Crippen LogP contribution in [0, 0.1) is 5.82 Å². The summed E-state index contributed by atoms with van der Waals surface area (Å²) in [5, 5.41) is 17.7. The summed E-state index contributed by atoms with van der Waals surface area (Å²) in [4.78, 5) is 24.4. The summed E-state index contributed by atoms with van der Waals surface area (Å²) in [5.74, 6) is -0.669. The molecule has 7 nitrogen and oxygen atoms in total. The minimum Gasteiger partial charge on any atom is -0.394 e. The van der Waals surface area contributed by atoms with E-state index in [0.717, 1.165) is 5.56 Å². The molecule has 2 aromatic carbocycles. The predicted molar refractivity (Wildman–Crippen MR) is 110 cm³/mol. The van der Waals surface area contributed by atoms with Gasteiger partial charge in [0, 0.05) is 6.54 Å². The molecule has 4 N–H and O–H groups in total. The SMILES string of the molecule is O=C(C[C@@H]1CC[C@H](NC(=O)Nc2ccccc2F)[C@H](CO)O1)NCc1ccccc1. The Kier molecular flexibility index (Phi) is 7.75. The van der Waals surface area contributed by atoms with Gasteiger partial charge in [0.05, 0.1) is 30.9 Å². The highest BCUT2D eigenvalue weighted by atomic mass is 19.1. The second kappa shape index (κ2) is 10.7.